The third kappa shape index (κ3) is 5.34. The van der Waals surface area contributed by atoms with Crippen LogP contribution in [-0.4, -0.2) is 39.8 Å². The van der Waals surface area contributed by atoms with Crippen molar-refractivity contribution in [2.45, 2.75) is 56.7 Å². The van der Waals surface area contributed by atoms with Crippen LogP contribution in [0.25, 0.3) is 0 Å². The monoisotopic (exact) mass is 442 g/mol. The lowest BCUT2D eigenvalue weighted by Gasteiger charge is -2.17. The van der Waals surface area contributed by atoms with Gasteiger partial charge in [0, 0.05) is 36.2 Å². The van der Waals surface area contributed by atoms with Crippen LogP contribution < -0.4 is 16.3 Å². The first kappa shape index (κ1) is 21.6. The van der Waals surface area contributed by atoms with Gasteiger partial charge in [0.2, 0.25) is 11.8 Å². The molecule has 2 amide bonds. The second-order valence-electron chi connectivity index (χ2n) is 7.82. The van der Waals surface area contributed by atoms with Crippen molar-refractivity contribution >= 4 is 35.0 Å². The summed E-state index contributed by atoms with van der Waals surface area (Å²) in [6, 6.07) is 6.98. The van der Waals surface area contributed by atoms with Gasteiger partial charge < -0.3 is 15.4 Å². The average molecular weight is 443 g/mol. The molecule has 1 saturated heterocycles. The number of fused-ring (bicyclic) bond motifs is 1. The van der Waals surface area contributed by atoms with Crippen LogP contribution in [0.15, 0.2) is 34.1 Å². The number of benzene rings is 1. The molecular formula is C22H26N4O4S. The topological polar surface area (TPSA) is 102 Å². The van der Waals surface area contributed by atoms with Gasteiger partial charge in [0.15, 0.2) is 0 Å². The lowest BCUT2D eigenvalue weighted by Crippen LogP contribution is -2.31. The maximum atomic E-state index is 12.7. The molecule has 0 spiro atoms. The van der Waals surface area contributed by atoms with Crippen LogP contribution in [0.1, 0.15) is 37.4 Å². The van der Waals surface area contributed by atoms with Gasteiger partial charge in [-0.1, -0.05) is 17.8 Å². The number of aromatic nitrogens is 2. The van der Waals surface area contributed by atoms with Crippen molar-refractivity contribution < 1.29 is 14.3 Å². The van der Waals surface area contributed by atoms with E-state index in [-0.39, 0.29) is 29.4 Å². The molecule has 0 radical (unpaired) electrons. The summed E-state index contributed by atoms with van der Waals surface area (Å²) in [6.07, 6.45) is 4.81. The summed E-state index contributed by atoms with van der Waals surface area (Å²) in [4.78, 5) is 40.7. The molecule has 1 aromatic heterocycles. The molecule has 31 heavy (non-hydrogen) atoms. The summed E-state index contributed by atoms with van der Waals surface area (Å²) in [5, 5.41) is 6.18. The van der Waals surface area contributed by atoms with Gasteiger partial charge in [-0.3, -0.25) is 14.2 Å². The van der Waals surface area contributed by atoms with Crippen LogP contribution in [0.4, 0.5) is 11.4 Å². The summed E-state index contributed by atoms with van der Waals surface area (Å²) in [5.41, 5.74) is 3.08. The molecule has 2 aromatic rings. The van der Waals surface area contributed by atoms with E-state index < -0.39 is 0 Å². The van der Waals surface area contributed by atoms with E-state index in [0.29, 0.717) is 22.9 Å². The van der Waals surface area contributed by atoms with Crippen LogP contribution in [0.5, 0.6) is 0 Å². The molecule has 0 saturated carbocycles. The van der Waals surface area contributed by atoms with Crippen molar-refractivity contribution in [1.29, 1.82) is 0 Å². The molecule has 9 heteroatoms. The fourth-order valence-corrected chi connectivity index (χ4v) is 4.97. The van der Waals surface area contributed by atoms with E-state index in [9.17, 15) is 14.4 Å². The number of ether oxygens (including phenoxy) is 1. The predicted molar refractivity (Wildman–Crippen MR) is 120 cm³/mol. The largest absolute Gasteiger partial charge is 0.376 e. The molecule has 8 nitrogen and oxygen atoms in total. The SMILES string of the molecule is CC(=O)Nc1cccc(NC(=O)CSc2nc(=O)n(C[C@@H]3CCCO3)c3c2CCC3)c1. The zero-order valence-electron chi connectivity index (χ0n) is 17.5. The quantitative estimate of drug-likeness (QED) is 0.505. The first-order valence-electron chi connectivity index (χ1n) is 10.5. The Morgan fingerprint density at radius 3 is 2.77 bits per heavy atom. The summed E-state index contributed by atoms with van der Waals surface area (Å²) in [7, 11) is 0. The number of hydrogen-bond acceptors (Lipinski definition) is 6. The van der Waals surface area contributed by atoms with Gasteiger partial charge in [0.1, 0.15) is 5.03 Å². The van der Waals surface area contributed by atoms with Gasteiger partial charge in [0.25, 0.3) is 0 Å². The number of nitrogens with one attached hydrogen (secondary N) is 2. The van der Waals surface area contributed by atoms with Crippen molar-refractivity contribution in [3.05, 3.63) is 46.0 Å². The predicted octanol–water partition coefficient (Wildman–Crippen LogP) is 2.60. The van der Waals surface area contributed by atoms with E-state index >= 15 is 0 Å². The van der Waals surface area contributed by atoms with E-state index in [1.165, 1.54) is 18.7 Å². The lowest BCUT2D eigenvalue weighted by atomic mass is 10.2. The summed E-state index contributed by atoms with van der Waals surface area (Å²) in [6.45, 7) is 2.75. The Morgan fingerprint density at radius 2 is 2.03 bits per heavy atom. The summed E-state index contributed by atoms with van der Waals surface area (Å²) in [5.74, 6) is -0.214. The molecule has 164 valence electrons. The van der Waals surface area contributed by atoms with Crippen molar-refractivity contribution in [2.24, 2.45) is 0 Å². The Balaban J connectivity index is 1.42. The highest BCUT2D eigenvalue weighted by Crippen LogP contribution is 2.30. The second kappa shape index (κ2) is 9.65. The average Bonchev–Trinajstić information content (AvgIpc) is 3.40. The second-order valence-corrected chi connectivity index (χ2v) is 8.79. The molecule has 0 unspecified atom stereocenters. The smallest absolute Gasteiger partial charge is 0.348 e. The van der Waals surface area contributed by atoms with E-state index in [1.807, 2.05) is 0 Å². The third-order valence-corrected chi connectivity index (χ3v) is 6.44. The summed E-state index contributed by atoms with van der Waals surface area (Å²) < 4.78 is 7.47. The molecule has 1 aliphatic carbocycles. The highest BCUT2D eigenvalue weighted by Gasteiger charge is 2.25. The summed E-state index contributed by atoms with van der Waals surface area (Å²) >= 11 is 1.30. The lowest BCUT2D eigenvalue weighted by molar-refractivity contribution is -0.114. The van der Waals surface area contributed by atoms with E-state index in [0.717, 1.165) is 50.0 Å². The van der Waals surface area contributed by atoms with Crippen molar-refractivity contribution in [1.82, 2.24) is 9.55 Å². The molecule has 2 aliphatic rings. The molecule has 2 heterocycles. The Bertz CT molecular complexity index is 1050. The molecule has 1 fully saturated rings. The first-order valence-corrected chi connectivity index (χ1v) is 11.5. The highest BCUT2D eigenvalue weighted by molar-refractivity contribution is 8.00. The molecule has 0 bridgehead atoms. The normalized spacial score (nSPS) is 17.4. The zero-order valence-corrected chi connectivity index (χ0v) is 18.3. The molecule has 1 atom stereocenters. The van der Waals surface area contributed by atoms with Crippen LogP contribution >= 0.6 is 11.8 Å². The Kier molecular flexibility index (Phi) is 6.72. The van der Waals surface area contributed by atoms with Gasteiger partial charge in [-0.2, -0.15) is 4.98 Å². The molecule has 4 rings (SSSR count). The van der Waals surface area contributed by atoms with Gasteiger partial charge >= 0.3 is 5.69 Å². The van der Waals surface area contributed by atoms with Gasteiger partial charge in [-0.15, -0.1) is 0 Å². The maximum absolute atomic E-state index is 12.7. The zero-order chi connectivity index (χ0) is 21.8. The molecular weight excluding hydrogens is 416 g/mol. The van der Waals surface area contributed by atoms with Crippen LogP contribution in [0, 0.1) is 0 Å². The number of carbonyl (C=O) groups excluding carboxylic acids is 2. The number of rotatable bonds is 7. The minimum Gasteiger partial charge on any atom is -0.376 e. The van der Waals surface area contributed by atoms with Crippen LogP contribution in [-0.2, 0) is 33.7 Å². The van der Waals surface area contributed by atoms with Crippen molar-refractivity contribution in [3.8, 4) is 0 Å². The number of carbonyl (C=O) groups is 2. The number of amides is 2. The Labute approximate surface area is 184 Å². The van der Waals surface area contributed by atoms with Crippen LogP contribution in [0.3, 0.4) is 0 Å². The van der Waals surface area contributed by atoms with Gasteiger partial charge in [-0.25, -0.2) is 4.79 Å². The highest BCUT2D eigenvalue weighted by atomic mass is 32.2. The van der Waals surface area contributed by atoms with E-state index in [1.54, 1.807) is 28.8 Å². The third-order valence-electron chi connectivity index (χ3n) is 5.42. The molecule has 1 aromatic carbocycles. The minimum absolute atomic E-state index is 0.0849. The molecule has 2 N–H and O–H groups in total. The van der Waals surface area contributed by atoms with E-state index in [2.05, 4.69) is 15.6 Å². The van der Waals surface area contributed by atoms with Crippen LogP contribution in [0.2, 0.25) is 0 Å². The standard InChI is InChI=1S/C22H26N4O4S/c1-14(27)23-15-5-2-6-16(11-15)24-20(28)13-31-21-18-8-3-9-19(18)26(22(29)25-21)12-17-7-4-10-30-17/h2,5-6,11,17H,3-4,7-10,12-13H2,1H3,(H,23,27)(H,24,28)/t17-/m0/s1. The Morgan fingerprint density at radius 1 is 1.23 bits per heavy atom. The van der Waals surface area contributed by atoms with Crippen molar-refractivity contribution in [2.75, 3.05) is 23.0 Å². The maximum Gasteiger partial charge on any atom is 0.348 e. The van der Waals surface area contributed by atoms with Gasteiger partial charge in [0.05, 0.1) is 18.4 Å². The number of anilines is 2. The first-order chi connectivity index (χ1) is 15.0. The number of hydrogen-bond donors (Lipinski definition) is 2. The molecule has 1 aliphatic heterocycles. The van der Waals surface area contributed by atoms with E-state index in [4.69, 9.17) is 4.74 Å². The Hall–Kier alpha value is -2.65. The number of thioether (sulfide) groups is 1. The minimum atomic E-state index is -0.262. The number of nitrogens with zero attached hydrogens (tertiary/aromatic N) is 2. The fourth-order valence-electron chi connectivity index (χ4n) is 4.09. The van der Waals surface area contributed by atoms with Gasteiger partial charge in [-0.05, 0) is 50.3 Å². The fraction of sp³-hybridized carbons (Fsp3) is 0.455. The van der Waals surface area contributed by atoms with Crippen molar-refractivity contribution in [3.63, 3.8) is 0 Å².